The van der Waals surface area contributed by atoms with E-state index in [-0.39, 0.29) is 27.1 Å². The zero-order valence-electron chi connectivity index (χ0n) is 15.3. The summed E-state index contributed by atoms with van der Waals surface area (Å²) in [6.45, 7) is 0.983. The molecule has 1 aliphatic heterocycles. The molecule has 0 saturated carbocycles. The molecule has 1 aromatic heterocycles. The van der Waals surface area contributed by atoms with Crippen LogP contribution in [0.5, 0.6) is 0 Å². The fourth-order valence-electron chi connectivity index (χ4n) is 3.77. The second-order valence-electron chi connectivity index (χ2n) is 6.89. The third-order valence-corrected chi connectivity index (χ3v) is 6.54. The molecule has 2 aromatic carbocycles. The number of hydrogen-bond acceptors (Lipinski definition) is 3. The van der Waals surface area contributed by atoms with E-state index in [0.29, 0.717) is 17.1 Å². The van der Waals surface area contributed by atoms with Crippen LogP contribution in [0.4, 0.5) is 17.6 Å². The standard InChI is InChI=1S/C20H13F4NO4S/c1-10-19(13-4-3-12(21)7-16(13)25(10)8-18(26)27)15-9-30(28,29)17-5-2-11(6-14(15)17)20(22,23)24/h2-7,9H,8H2,1H3,(H,26,27). The van der Waals surface area contributed by atoms with Crippen molar-refractivity contribution in [3.8, 4) is 0 Å². The molecule has 4 rings (SSSR count). The quantitative estimate of drug-likeness (QED) is 0.615. The summed E-state index contributed by atoms with van der Waals surface area (Å²) in [5.41, 5.74) is -0.399. The van der Waals surface area contributed by atoms with Crippen molar-refractivity contribution in [3.63, 3.8) is 0 Å². The number of carboxylic acids is 1. The predicted octanol–water partition coefficient (Wildman–Crippen LogP) is 4.37. The van der Waals surface area contributed by atoms with Crippen molar-refractivity contribution < 1.29 is 35.9 Å². The maximum atomic E-state index is 13.8. The normalized spacial score (nSPS) is 15.3. The largest absolute Gasteiger partial charge is 0.480 e. The molecule has 0 aliphatic carbocycles. The third-order valence-electron chi connectivity index (χ3n) is 5.03. The van der Waals surface area contributed by atoms with Crippen molar-refractivity contribution in [2.45, 2.75) is 24.5 Å². The van der Waals surface area contributed by atoms with Crippen molar-refractivity contribution in [2.75, 3.05) is 0 Å². The van der Waals surface area contributed by atoms with Gasteiger partial charge in [-0.1, -0.05) is 0 Å². The van der Waals surface area contributed by atoms with Gasteiger partial charge in [-0.15, -0.1) is 0 Å². The van der Waals surface area contributed by atoms with E-state index in [0.717, 1.165) is 29.7 Å². The first kappa shape index (κ1) is 20.1. The minimum atomic E-state index is -4.68. The zero-order chi connectivity index (χ0) is 22.0. The van der Waals surface area contributed by atoms with Crippen LogP contribution in [0, 0.1) is 12.7 Å². The summed E-state index contributed by atoms with van der Waals surface area (Å²) in [6, 6.07) is 5.93. The Balaban J connectivity index is 2.06. The maximum absolute atomic E-state index is 13.8. The Morgan fingerprint density at radius 2 is 1.83 bits per heavy atom. The second kappa shape index (κ2) is 6.43. The van der Waals surface area contributed by atoms with Crippen LogP contribution in [0.1, 0.15) is 22.4 Å². The summed E-state index contributed by atoms with van der Waals surface area (Å²) in [5.74, 6) is -1.84. The molecular formula is C20H13F4NO4S. The number of aromatic nitrogens is 1. The fraction of sp³-hybridized carbons (Fsp3) is 0.150. The molecule has 156 valence electrons. The number of carboxylic acid groups (broad SMARTS) is 1. The van der Waals surface area contributed by atoms with Crippen molar-refractivity contribution in [1.82, 2.24) is 4.57 Å². The number of sulfone groups is 1. The fourth-order valence-corrected chi connectivity index (χ4v) is 5.18. The van der Waals surface area contributed by atoms with Gasteiger partial charge in [0.1, 0.15) is 12.4 Å². The van der Waals surface area contributed by atoms with Crippen molar-refractivity contribution in [2.24, 2.45) is 0 Å². The molecule has 0 amide bonds. The van der Waals surface area contributed by atoms with Gasteiger partial charge < -0.3 is 9.67 Å². The monoisotopic (exact) mass is 439 g/mol. The lowest BCUT2D eigenvalue weighted by Gasteiger charge is -2.11. The highest BCUT2D eigenvalue weighted by molar-refractivity contribution is 7.95. The first-order valence-electron chi connectivity index (χ1n) is 8.59. The summed E-state index contributed by atoms with van der Waals surface area (Å²) < 4.78 is 79.9. The molecule has 0 radical (unpaired) electrons. The Kier molecular flexibility index (Phi) is 4.32. The summed E-state index contributed by atoms with van der Waals surface area (Å²) in [6.07, 6.45) is -4.68. The highest BCUT2D eigenvalue weighted by atomic mass is 32.2. The summed E-state index contributed by atoms with van der Waals surface area (Å²) >= 11 is 0. The van der Waals surface area contributed by atoms with E-state index >= 15 is 0 Å². The van der Waals surface area contributed by atoms with Gasteiger partial charge >= 0.3 is 12.1 Å². The minimum absolute atomic E-state index is 0.00865. The minimum Gasteiger partial charge on any atom is -0.480 e. The molecule has 0 atom stereocenters. The first-order chi connectivity index (χ1) is 13.9. The number of carbonyl (C=O) groups is 1. The molecule has 0 fully saturated rings. The average Bonchev–Trinajstić information content (AvgIpc) is 3.05. The molecule has 5 nitrogen and oxygen atoms in total. The van der Waals surface area contributed by atoms with E-state index in [1.54, 1.807) is 0 Å². The molecule has 1 aliphatic rings. The lowest BCUT2D eigenvalue weighted by atomic mass is 9.95. The highest BCUT2D eigenvalue weighted by Gasteiger charge is 2.36. The van der Waals surface area contributed by atoms with Crippen molar-refractivity contribution in [3.05, 3.63) is 70.0 Å². The molecule has 0 unspecified atom stereocenters. The summed E-state index contributed by atoms with van der Waals surface area (Å²) in [7, 11) is -4.00. The van der Waals surface area contributed by atoms with E-state index in [1.807, 2.05) is 0 Å². The first-order valence-corrected chi connectivity index (χ1v) is 10.1. The lowest BCUT2D eigenvalue weighted by molar-refractivity contribution is -0.138. The number of fused-ring (bicyclic) bond motifs is 2. The van der Waals surface area contributed by atoms with Gasteiger partial charge in [0.05, 0.1) is 16.0 Å². The number of alkyl halides is 3. The van der Waals surface area contributed by atoms with Crippen LogP contribution in [0.2, 0.25) is 0 Å². The van der Waals surface area contributed by atoms with Gasteiger partial charge in [-0.05, 0) is 43.3 Å². The van der Waals surface area contributed by atoms with Crippen LogP contribution in [0.15, 0.2) is 46.7 Å². The Labute approximate surface area is 167 Å². The van der Waals surface area contributed by atoms with Crippen LogP contribution in [-0.2, 0) is 27.4 Å². The van der Waals surface area contributed by atoms with Crippen LogP contribution in [0.3, 0.4) is 0 Å². The Hall–Kier alpha value is -3.14. The smallest absolute Gasteiger partial charge is 0.416 e. The number of halogens is 4. The van der Waals surface area contributed by atoms with Crippen LogP contribution < -0.4 is 0 Å². The van der Waals surface area contributed by atoms with Gasteiger partial charge in [0.2, 0.25) is 9.84 Å². The second-order valence-corrected chi connectivity index (χ2v) is 8.65. The summed E-state index contributed by atoms with van der Waals surface area (Å²) in [4.78, 5) is 11.0. The summed E-state index contributed by atoms with van der Waals surface area (Å²) in [5, 5.41) is 10.4. The highest BCUT2D eigenvalue weighted by Crippen LogP contribution is 2.44. The molecule has 30 heavy (non-hydrogen) atoms. The molecular weight excluding hydrogens is 426 g/mol. The third kappa shape index (κ3) is 3.07. The molecule has 1 N–H and O–H groups in total. The number of aliphatic carboxylic acids is 1. The van der Waals surface area contributed by atoms with E-state index in [4.69, 9.17) is 0 Å². The molecule has 2 heterocycles. The SMILES string of the molecule is Cc1c(C2=CS(=O)(=O)c3ccc(C(F)(F)F)cc32)c2ccc(F)cc2n1CC(=O)O. The molecule has 0 spiro atoms. The zero-order valence-corrected chi connectivity index (χ0v) is 16.1. The number of nitrogens with zero attached hydrogens (tertiary/aromatic N) is 1. The Morgan fingerprint density at radius 3 is 2.47 bits per heavy atom. The van der Waals surface area contributed by atoms with E-state index < -0.39 is 39.9 Å². The number of hydrogen-bond donors (Lipinski definition) is 1. The molecule has 10 heteroatoms. The van der Waals surface area contributed by atoms with Gasteiger partial charge in [-0.3, -0.25) is 4.79 Å². The number of benzene rings is 2. The number of rotatable bonds is 3. The topological polar surface area (TPSA) is 76.4 Å². The van der Waals surface area contributed by atoms with Gasteiger partial charge in [-0.25, -0.2) is 12.8 Å². The average molecular weight is 439 g/mol. The molecule has 3 aromatic rings. The van der Waals surface area contributed by atoms with E-state index in [1.165, 1.54) is 17.6 Å². The van der Waals surface area contributed by atoms with E-state index in [2.05, 4.69) is 0 Å². The van der Waals surface area contributed by atoms with Gasteiger partial charge in [-0.2, -0.15) is 13.2 Å². The predicted molar refractivity (Wildman–Crippen MR) is 100.0 cm³/mol. The Morgan fingerprint density at radius 1 is 1.13 bits per heavy atom. The molecule has 0 bridgehead atoms. The van der Waals surface area contributed by atoms with Crippen molar-refractivity contribution in [1.29, 1.82) is 0 Å². The van der Waals surface area contributed by atoms with Gasteiger partial charge in [0.15, 0.2) is 0 Å². The van der Waals surface area contributed by atoms with Gasteiger partial charge in [0.25, 0.3) is 0 Å². The maximum Gasteiger partial charge on any atom is 0.416 e. The van der Waals surface area contributed by atoms with Crippen LogP contribution >= 0.6 is 0 Å². The molecule has 0 saturated heterocycles. The van der Waals surface area contributed by atoms with Crippen LogP contribution in [0.25, 0.3) is 16.5 Å². The van der Waals surface area contributed by atoms with Crippen molar-refractivity contribution >= 4 is 32.3 Å². The van der Waals surface area contributed by atoms with E-state index in [9.17, 15) is 35.9 Å². The lowest BCUT2D eigenvalue weighted by Crippen LogP contribution is -2.10. The van der Waals surface area contributed by atoms with Gasteiger partial charge in [0, 0.05) is 33.2 Å². The van der Waals surface area contributed by atoms with Crippen LogP contribution in [-0.4, -0.2) is 24.1 Å². The Bertz CT molecular complexity index is 1370.